The molecular formula is C19H23FN2O3. The molecule has 0 unspecified atom stereocenters. The molecule has 0 saturated heterocycles. The first-order chi connectivity index (χ1) is 11.9. The highest BCUT2D eigenvalue weighted by Gasteiger charge is 2.27. The number of nitrogens with zero attached hydrogens (tertiary/aromatic N) is 1. The number of nitrogens with one attached hydrogen (secondary N) is 1. The number of hydrogen-bond acceptors (Lipinski definition) is 3. The molecule has 0 spiro atoms. The molecule has 134 valence electrons. The summed E-state index contributed by atoms with van der Waals surface area (Å²) in [5.74, 6) is -1.60. The van der Waals surface area contributed by atoms with Crippen LogP contribution in [0, 0.1) is 19.7 Å². The van der Waals surface area contributed by atoms with E-state index in [1.54, 1.807) is 26.0 Å². The van der Waals surface area contributed by atoms with Crippen molar-refractivity contribution in [2.45, 2.75) is 47.1 Å². The molecule has 2 heterocycles. The molecule has 0 atom stereocenters. The van der Waals surface area contributed by atoms with Crippen LogP contribution in [0.2, 0.25) is 0 Å². The first-order valence-corrected chi connectivity index (χ1v) is 8.43. The van der Waals surface area contributed by atoms with Crippen LogP contribution >= 0.6 is 0 Å². The smallest absolute Gasteiger partial charge is 0.339 e. The number of carboxylic acid groups (broad SMARTS) is 1. The van der Waals surface area contributed by atoms with Crippen LogP contribution in [-0.2, 0) is 13.0 Å². The van der Waals surface area contributed by atoms with Crippen molar-refractivity contribution < 1.29 is 14.3 Å². The molecule has 25 heavy (non-hydrogen) atoms. The second-order valence-corrected chi connectivity index (χ2v) is 5.80. The van der Waals surface area contributed by atoms with E-state index in [2.05, 4.69) is 5.32 Å². The monoisotopic (exact) mass is 346 g/mol. The van der Waals surface area contributed by atoms with Crippen molar-refractivity contribution >= 4 is 17.3 Å². The summed E-state index contributed by atoms with van der Waals surface area (Å²) in [4.78, 5) is 24.1. The van der Waals surface area contributed by atoms with Gasteiger partial charge < -0.3 is 15.0 Å². The highest BCUT2D eigenvalue weighted by molar-refractivity contribution is 5.97. The quantitative estimate of drug-likeness (QED) is 0.880. The van der Waals surface area contributed by atoms with Crippen LogP contribution in [-0.4, -0.2) is 15.6 Å². The van der Waals surface area contributed by atoms with Gasteiger partial charge in [-0.2, -0.15) is 0 Å². The van der Waals surface area contributed by atoms with Gasteiger partial charge in [0.2, 0.25) is 0 Å². The third-order valence-electron chi connectivity index (χ3n) is 4.20. The van der Waals surface area contributed by atoms with E-state index in [9.17, 15) is 19.1 Å². The van der Waals surface area contributed by atoms with Gasteiger partial charge >= 0.3 is 5.97 Å². The van der Waals surface area contributed by atoms with E-state index in [1.807, 2.05) is 13.8 Å². The average Bonchev–Trinajstić information content (AvgIpc) is 3.05. The number of benzene rings is 1. The molecule has 1 aliphatic rings. The van der Waals surface area contributed by atoms with Crippen LogP contribution in [0.15, 0.2) is 23.0 Å². The van der Waals surface area contributed by atoms with Crippen molar-refractivity contribution in [2.75, 3.05) is 5.32 Å². The normalized spacial score (nSPS) is 12.2. The summed E-state index contributed by atoms with van der Waals surface area (Å²) in [7, 11) is 0. The van der Waals surface area contributed by atoms with Crippen molar-refractivity contribution in [3.8, 4) is 0 Å². The minimum Gasteiger partial charge on any atom is -0.478 e. The van der Waals surface area contributed by atoms with E-state index < -0.39 is 11.8 Å². The number of aromatic carboxylic acids is 1. The lowest BCUT2D eigenvalue weighted by atomic mass is 10.1. The van der Waals surface area contributed by atoms with Gasteiger partial charge in [-0.15, -0.1) is 0 Å². The summed E-state index contributed by atoms with van der Waals surface area (Å²) in [5.41, 5.74) is 1.72. The van der Waals surface area contributed by atoms with E-state index in [-0.39, 0.29) is 28.1 Å². The number of carbonyl (C=O) groups is 1. The fourth-order valence-corrected chi connectivity index (χ4v) is 3.04. The fourth-order valence-electron chi connectivity index (χ4n) is 3.04. The first-order valence-electron chi connectivity index (χ1n) is 8.43. The van der Waals surface area contributed by atoms with E-state index in [0.717, 1.165) is 12.0 Å². The maximum Gasteiger partial charge on any atom is 0.339 e. The maximum absolute atomic E-state index is 14.1. The number of hydrogen-bond donors (Lipinski definition) is 2. The number of aromatic nitrogens is 1. The van der Waals surface area contributed by atoms with Crippen molar-refractivity contribution in [2.24, 2.45) is 0 Å². The average molecular weight is 346 g/mol. The number of halogens is 1. The highest BCUT2D eigenvalue weighted by atomic mass is 19.1. The number of aryl methyl sites for hydroxylation is 1. The lowest BCUT2D eigenvalue weighted by molar-refractivity contribution is 0.0696. The Morgan fingerprint density at radius 3 is 2.56 bits per heavy atom. The molecule has 6 heteroatoms. The summed E-state index contributed by atoms with van der Waals surface area (Å²) in [6.07, 6.45) is 1.26. The Labute approximate surface area is 146 Å². The van der Waals surface area contributed by atoms with Crippen LogP contribution in [0.4, 0.5) is 15.8 Å². The van der Waals surface area contributed by atoms with Crippen molar-refractivity contribution in [1.29, 1.82) is 0 Å². The summed E-state index contributed by atoms with van der Waals surface area (Å²) in [5, 5.41) is 12.4. The molecule has 1 aliphatic heterocycles. The SMILES string of the molecule is CC.Cc1ccc(Nc2c(C(=O)O)c3n(c(=O)c2C)CCC3)c(F)c1. The van der Waals surface area contributed by atoms with Crippen LogP contribution in [0.1, 0.15) is 47.4 Å². The van der Waals surface area contributed by atoms with Gasteiger partial charge in [0.1, 0.15) is 11.4 Å². The van der Waals surface area contributed by atoms with Crippen molar-refractivity contribution in [3.05, 3.63) is 56.8 Å². The van der Waals surface area contributed by atoms with Gasteiger partial charge in [0, 0.05) is 17.8 Å². The molecule has 0 saturated carbocycles. The molecule has 1 aromatic heterocycles. The van der Waals surface area contributed by atoms with Gasteiger partial charge in [0.25, 0.3) is 5.56 Å². The number of pyridine rings is 1. The number of rotatable bonds is 3. The Balaban J connectivity index is 0.00000109. The lowest BCUT2D eigenvalue weighted by Gasteiger charge is -2.17. The maximum atomic E-state index is 14.1. The zero-order valence-corrected chi connectivity index (χ0v) is 14.9. The predicted octanol–water partition coefficient (Wildman–Crippen LogP) is 4.02. The molecule has 2 N–H and O–H groups in total. The number of fused-ring (bicyclic) bond motifs is 1. The van der Waals surface area contributed by atoms with Crippen molar-refractivity contribution in [3.63, 3.8) is 0 Å². The number of anilines is 2. The Kier molecular flexibility index (Phi) is 5.62. The van der Waals surface area contributed by atoms with Crippen molar-refractivity contribution in [1.82, 2.24) is 4.57 Å². The molecule has 0 radical (unpaired) electrons. The van der Waals surface area contributed by atoms with Gasteiger partial charge in [-0.05, 0) is 44.4 Å². The molecule has 0 amide bonds. The molecule has 0 bridgehead atoms. The van der Waals surface area contributed by atoms with Gasteiger partial charge in [-0.25, -0.2) is 9.18 Å². The van der Waals surface area contributed by atoms with E-state index in [1.165, 1.54) is 10.6 Å². The van der Waals surface area contributed by atoms with Gasteiger partial charge in [-0.1, -0.05) is 19.9 Å². The molecule has 0 aliphatic carbocycles. The zero-order valence-electron chi connectivity index (χ0n) is 14.9. The number of carboxylic acids is 1. The Morgan fingerprint density at radius 2 is 1.96 bits per heavy atom. The molecule has 5 nitrogen and oxygen atoms in total. The molecule has 3 rings (SSSR count). The van der Waals surface area contributed by atoms with Gasteiger partial charge in [0.05, 0.1) is 11.4 Å². The predicted molar refractivity (Wildman–Crippen MR) is 96.5 cm³/mol. The van der Waals surface area contributed by atoms with E-state index >= 15 is 0 Å². The van der Waals surface area contributed by atoms with Crippen LogP contribution in [0.3, 0.4) is 0 Å². The molecule has 2 aromatic rings. The standard InChI is InChI=1S/C17H17FN2O3.C2H6/c1-9-5-6-12(11(18)8-9)19-15-10(2)16(21)20-7-3-4-13(20)14(15)17(22)23;1-2/h5-6,8,19H,3-4,7H2,1-2H3,(H,22,23);1-2H3. The second kappa shape index (κ2) is 7.51. The van der Waals surface area contributed by atoms with Crippen LogP contribution in [0.25, 0.3) is 0 Å². The first kappa shape index (κ1) is 18.7. The second-order valence-electron chi connectivity index (χ2n) is 5.80. The molecular weight excluding hydrogens is 323 g/mol. The van der Waals surface area contributed by atoms with Crippen LogP contribution in [0.5, 0.6) is 0 Å². The summed E-state index contributed by atoms with van der Waals surface area (Å²) in [6, 6.07) is 4.63. The summed E-state index contributed by atoms with van der Waals surface area (Å²) >= 11 is 0. The lowest BCUT2D eigenvalue weighted by Crippen LogP contribution is -2.26. The topological polar surface area (TPSA) is 71.3 Å². The zero-order chi connectivity index (χ0) is 18.7. The van der Waals surface area contributed by atoms with E-state index in [4.69, 9.17) is 0 Å². The Morgan fingerprint density at radius 1 is 1.28 bits per heavy atom. The largest absolute Gasteiger partial charge is 0.478 e. The minimum absolute atomic E-state index is 0.0552. The molecule has 0 fully saturated rings. The third kappa shape index (κ3) is 3.43. The van der Waals surface area contributed by atoms with Crippen LogP contribution < -0.4 is 10.9 Å². The third-order valence-corrected chi connectivity index (χ3v) is 4.20. The molecule has 1 aromatic carbocycles. The fraction of sp³-hybridized carbons (Fsp3) is 0.368. The summed E-state index contributed by atoms with van der Waals surface area (Å²) in [6.45, 7) is 7.85. The van der Waals surface area contributed by atoms with E-state index in [0.29, 0.717) is 18.7 Å². The highest BCUT2D eigenvalue weighted by Crippen LogP contribution is 2.30. The van der Waals surface area contributed by atoms with Gasteiger partial charge in [0.15, 0.2) is 0 Å². The Bertz CT molecular complexity index is 872. The Hall–Kier alpha value is -2.63. The summed E-state index contributed by atoms with van der Waals surface area (Å²) < 4.78 is 15.6. The minimum atomic E-state index is -1.12. The van der Waals surface area contributed by atoms with Gasteiger partial charge in [-0.3, -0.25) is 4.79 Å².